The molecule has 6 aromatic rings. The van der Waals surface area contributed by atoms with Crippen molar-refractivity contribution in [3.63, 3.8) is 0 Å². The molecule has 0 saturated heterocycles. The number of thioether (sulfide) groups is 1. The van der Waals surface area contributed by atoms with Crippen molar-refractivity contribution >= 4 is 56.7 Å². The van der Waals surface area contributed by atoms with E-state index < -0.39 is 22.8 Å². The minimum atomic E-state index is -1.87. The van der Waals surface area contributed by atoms with Crippen molar-refractivity contribution in [3.8, 4) is 0 Å². The Kier molecular flexibility index (Phi) is 6.62. The van der Waals surface area contributed by atoms with Crippen molar-refractivity contribution < 1.29 is 18.4 Å². The molecule has 2 aliphatic rings. The molecule has 2 aromatic heterocycles. The largest absolute Gasteiger partial charge is 0.450 e. The zero-order valence-electron chi connectivity index (χ0n) is 24.3. The number of hydrogen-bond acceptors (Lipinski definition) is 8. The summed E-state index contributed by atoms with van der Waals surface area (Å²) < 4.78 is 20.1. The van der Waals surface area contributed by atoms with Crippen molar-refractivity contribution in [1.82, 2.24) is 10.2 Å². The first-order valence-electron chi connectivity index (χ1n) is 14.5. The highest BCUT2D eigenvalue weighted by molar-refractivity contribution is 8.00. The normalized spacial score (nSPS) is 16.9. The maximum Gasteiger partial charge on any atom is 0.297 e. The third-order valence-electron chi connectivity index (χ3n) is 8.48. The molecule has 2 aliphatic heterocycles. The van der Waals surface area contributed by atoms with Crippen molar-refractivity contribution in [2.75, 3.05) is 9.80 Å². The van der Waals surface area contributed by atoms with Gasteiger partial charge in [0.1, 0.15) is 11.4 Å². The Bertz CT molecular complexity index is 2270. The van der Waals surface area contributed by atoms with Gasteiger partial charge in [0, 0.05) is 11.3 Å². The predicted molar refractivity (Wildman–Crippen MR) is 175 cm³/mol. The highest BCUT2D eigenvalue weighted by Gasteiger charge is 2.66. The summed E-state index contributed by atoms with van der Waals surface area (Å²) in [5, 5.41) is 9.14. The molecule has 8 nitrogen and oxygen atoms in total. The lowest BCUT2D eigenvalue weighted by Crippen LogP contribution is -2.53. The van der Waals surface area contributed by atoms with Crippen molar-refractivity contribution in [2.45, 2.75) is 29.1 Å². The summed E-state index contributed by atoms with van der Waals surface area (Å²) in [6.07, 6.45) is 0. The van der Waals surface area contributed by atoms with Gasteiger partial charge >= 0.3 is 0 Å². The Hall–Kier alpha value is -5.13. The fourth-order valence-electron chi connectivity index (χ4n) is 6.30. The number of rotatable bonds is 6. The van der Waals surface area contributed by atoms with Crippen LogP contribution in [0.25, 0.3) is 11.0 Å². The van der Waals surface area contributed by atoms with Gasteiger partial charge in [-0.05, 0) is 53.9 Å². The Balaban J connectivity index is 1.31. The van der Waals surface area contributed by atoms with E-state index in [1.165, 1.54) is 28.8 Å². The Morgan fingerprint density at radius 3 is 2.46 bits per heavy atom. The third-order valence-corrected chi connectivity index (χ3v) is 10.6. The molecule has 46 heavy (non-hydrogen) atoms. The number of carbonyl (C=O) groups is 2. The number of benzene rings is 4. The van der Waals surface area contributed by atoms with Crippen LogP contribution in [-0.4, -0.2) is 22.0 Å². The summed E-state index contributed by atoms with van der Waals surface area (Å²) in [7, 11) is 0. The monoisotopic (exact) mass is 646 g/mol. The lowest BCUT2D eigenvalue weighted by Gasteiger charge is -2.32. The van der Waals surface area contributed by atoms with Gasteiger partial charge in [0.05, 0.1) is 23.2 Å². The topological polar surface area (TPSA) is 96.6 Å². The zero-order valence-corrected chi connectivity index (χ0v) is 25.9. The van der Waals surface area contributed by atoms with Gasteiger partial charge in [-0.2, -0.15) is 0 Å². The molecule has 0 radical (unpaired) electrons. The van der Waals surface area contributed by atoms with Crippen LogP contribution in [0.5, 0.6) is 0 Å². The standard InChI is InChI=1S/C35H23FN4O4S2/c1-20-8-2-3-9-22(20)18-39-26-12-6-5-11-25(26)35(32(39)43)28-29(41)24-10-4-7-13-27(24)44-30(28)31(42)40(35)33-37-38-34(46-33)45-19-21-14-16-23(36)17-15-21/h2-17H,18-19H2,1H3. The van der Waals surface area contributed by atoms with Gasteiger partial charge in [-0.15, -0.1) is 10.2 Å². The minimum absolute atomic E-state index is 0.0309. The molecule has 8 rings (SSSR count). The second-order valence-corrected chi connectivity index (χ2v) is 13.3. The van der Waals surface area contributed by atoms with E-state index in [1.54, 1.807) is 53.4 Å². The molecule has 0 saturated carbocycles. The van der Waals surface area contributed by atoms with E-state index in [1.807, 2.05) is 43.3 Å². The van der Waals surface area contributed by atoms with E-state index in [0.717, 1.165) is 28.0 Å². The summed E-state index contributed by atoms with van der Waals surface area (Å²) in [6.45, 7) is 2.21. The second kappa shape index (κ2) is 10.7. The molecule has 1 unspecified atom stereocenters. The molecule has 4 aromatic carbocycles. The Labute approximate surface area is 270 Å². The van der Waals surface area contributed by atoms with Crippen molar-refractivity contribution in [1.29, 1.82) is 0 Å². The summed E-state index contributed by atoms with van der Waals surface area (Å²) in [6, 6.07) is 27.9. The fourth-order valence-corrected chi connectivity index (χ4v) is 8.15. The summed E-state index contributed by atoms with van der Waals surface area (Å²) in [4.78, 5) is 46.9. The molecular weight excluding hydrogens is 624 g/mol. The highest BCUT2D eigenvalue weighted by Crippen LogP contribution is 2.55. The van der Waals surface area contributed by atoms with Crippen LogP contribution in [0.15, 0.2) is 111 Å². The Morgan fingerprint density at radius 2 is 1.63 bits per heavy atom. The minimum Gasteiger partial charge on any atom is -0.450 e. The molecule has 0 N–H and O–H groups in total. The molecule has 2 amide bonds. The number of nitrogens with zero attached hydrogens (tertiary/aromatic N) is 4. The molecular formula is C35H23FN4O4S2. The van der Waals surface area contributed by atoms with E-state index in [-0.39, 0.29) is 39.8 Å². The molecule has 1 atom stereocenters. The SMILES string of the molecule is Cc1ccccc1CN1C(=O)C2(c3ccccc31)c1c(oc3ccccc3c1=O)C(=O)N2c1nnc(SCc2ccc(F)cc2)s1. The first-order chi connectivity index (χ1) is 22.4. The molecule has 1 spiro atoms. The van der Waals surface area contributed by atoms with Crippen LogP contribution in [-0.2, 0) is 22.6 Å². The van der Waals surface area contributed by atoms with Crippen LogP contribution < -0.4 is 15.2 Å². The fraction of sp³-hybridized carbons (Fsp3) is 0.114. The number of amides is 2. The number of aromatic nitrogens is 2. The number of carbonyl (C=O) groups excluding carboxylic acids is 2. The quantitative estimate of drug-likeness (QED) is 0.145. The van der Waals surface area contributed by atoms with Gasteiger partial charge < -0.3 is 9.32 Å². The zero-order chi connectivity index (χ0) is 31.6. The molecule has 0 fully saturated rings. The number of fused-ring (bicyclic) bond motifs is 5. The van der Waals surface area contributed by atoms with Gasteiger partial charge in [0.15, 0.2) is 15.3 Å². The van der Waals surface area contributed by atoms with E-state index in [9.17, 15) is 14.0 Å². The summed E-state index contributed by atoms with van der Waals surface area (Å²) >= 11 is 2.51. The number of para-hydroxylation sites is 2. The molecule has 4 heterocycles. The molecule has 11 heteroatoms. The van der Waals surface area contributed by atoms with Gasteiger partial charge in [-0.25, -0.2) is 4.39 Å². The van der Waals surface area contributed by atoms with Crippen LogP contribution in [0.4, 0.5) is 15.2 Å². The van der Waals surface area contributed by atoms with Crippen molar-refractivity contribution in [2.24, 2.45) is 0 Å². The van der Waals surface area contributed by atoms with E-state index in [4.69, 9.17) is 4.42 Å². The molecule has 0 aliphatic carbocycles. The second-order valence-electron chi connectivity index (χ2n) is 11.1. The predicted octanol–water partition coefficient (Wildman–Crippen LogP) is 6.84. The van der Waals surface area contributed by atoms with Crippen LogP contribution >= 0.6 is 23.1 Å². The first kappa shape index (κ1) is 28.4. The Morgan fingerprint density at radius 1 is 0.891 bits per heavy atom. The van der Waals surface area contributed by atoms with Crippen LogP contribution in [0.3, 0.4) is 0 Å². The van der Waals surface area contributed by atoms with Gasteiger partial charge in [-0.3, -0.25) is 19.3 Å². The average Bonchev–Trinajstić information content (AvgIpc) is 3.71. The highest BCUT2D eigenvalue weighted by atomic mass is 32.2. The van der Waals surface area contributed by atoms with Crippen molar-refractivity contribution in [3.05, 3.63) is 147 Å². The van der Waals surface area contributed by atoms with Crippen LogP contribution in [0.2, 0.25) is 0 Å². The van der Waals surface area contributed by atoms with Gasteiger partial charge in [-0.1, -0.05) is 89.8 Å². The van der Waals surface area contributed by atoms with E-state index in [2.05, 4.69) is 10.2 Å². The summed E-state index contributed by atoms with van der Waals surface area (Å²) in [5.74, 6) is -1.13. The van der Waals surface area contributed by atoms with Crippen LogP contribution in [0.1, 0.15) is 38.4 Å². The number of hydrogen-bond donors (Lipinski definition) is 0. The van der Waals surface area contributed by atoms with E-state index in [0.29, 0.717) is 21.3 Å². The number of halogens is 1. The van der Waals surface area contributed by atoms with Crippen LogP contribution in [0, 0.1) is 12.7 Å². The first-order valence-corrected chi connectivity index (χ1v) is 16.3. The smallest absolute Gasteiger partial charge is 0.297 e. The summed E-state index contributed by atoms with van der Waals surface area (Å²) in [5.41, 5.74) is 1.79. The lowest BCUT2D eigenvalue weighted by atomic mass is 9.84. The maximum absolute atomic E-state index is 15.1. The third kappa shape index (κ3) is 4.15. The average molecular weight is 647 g/mol. The lowest BCUT2D eigenvalue weighted by molar-refractivity contribution is -0.121. The van der Waals surface area contributed by atoms with Gasteiger partial charge in [0.2, 0.25) is 10.9 Å². The maximum atomic E-state index is 15.1. The molecule has 226 valence electrons. The number of anilines is 2. The van der Waals surface area contributed by atoms with E-state index >= 15 is 4.79 Å². The van der Waals surface area contributed by atoms with Gasteiger partial charge in [0.25, 0.3) is 11.8 Å². The number of aryl methyl sites for hydroxylation is 1. The molecule has 0 bridgehead atoms.